The van der Waals surface area contributed by atoms with Gasteiger partial charge in [0.1, 0.15) is 18.3 Å². The van der Waals surface area contributed by atoms with Crippen LogP contribution in [0.25, 0.3) is 0 Å². The summed E-state index contributed by atoms with van der Waals surface area (Å²) in [5.41, 5.74) is 14.7. The number of aliphatic carboxylic acids is 1. The van der Waals surface area contributed by atoms with Crippen molar-refractivity contribution < 1.29 is 29.4 Å². The summed E-state index contributed by atoms with van der Waals surface area (Å²) >= 11 is 0. The molecule has 0 bridgehead atoms. The first-order valence-corrected chi connectivity index (χ1v) is 14.3. The van der Waals surface area contributed by atoms with E-state index in [4.69, 9.17) is 21.7 Å². The van der Waals surface area contributed by atoms with Gasteiger partial charge in [-0.15, -0.1) is 0 Å². The number of phenolic OH excluding ortho intramolecular Hbond substituents is 1. The van der Waals surface area contributed by atoms with E-state index in [0.29, 0.717) is 38.0 Å². The number of benzene rings is 3. The smallest absolute Gasteiger partial charge is 0.322 e. The van der Waals surface area contributed by atoms with Crippen LogP contribution in [0.1, 0.15) is 36.0 Å². The van der Waals surface area contributed by atoms with Crippen molar-refractivity contribution in [3.8, 4) is 5.75 Å². The molecule has 0 aliphatic rings. The molecule has 2 unspecified atom stereocenters. The number of amides is 3. The van der Waals surface area contributed by atoms with Crippen molar-refractivity contribution in [2.75, 3.05) is 19.6 Å². The third kappa shape index (κ3) is 17.9. The largest absolute Gasteiger partial charge is 0.508 e. The number of aromatic hydroxyl groups is 1. The number of carboxylic acid groups (broad SMARTS) is 1. The molecule has 0 heterocycles. The standard InChI is InChI=1S/C19H29N5O5.C7H8O.C7H8/c20-9-5-4-8-15(19(29)23-12-17(26)27)24-16(25)11-22-18(28)14(21)10-13-6-2-1-3-7-13;1-6-2-4-7(8)5-3-6;1-7-5-3-2-4-6-7/h1-3,6-7,14-15H,4-5,8-12,20-21H2,(H,22,28)(H,23,29)(H,24,25)(H,26,27);2-5,8H,1H3;2-6H,1H3. The van der Waals surface area contributed by atoms with Gasteiger partial charge in [-0.2, -0.15) is 0 Å². The van der Waals surface area contributed by atoms with Gasteiger partial charge in [0.25, 0.3) is 0 Å². The van der Waals surface area contributed by atoms with Gasteiger partial charge < -0.3 is 37.6 Å². The number of hydrogen-bond donors (Lipinski definition) is 7. The molecule has 2 atom stereocenters. The maximum atomic E-state index is 12.1. The van der Waals surface area contributed by atoms with Crippen molar-refractivity contribution in [1.82, 2.24) is 16.0 Å². The highest BCUT2D eigenvalue weighted by atomic mass is 16.4. The van der Waals surface area contributed by atoms with E-state index in [0.717, 1.165) is 5.56 Å². The SMILES string of the molecule is Cc1ccc(O)cc1.Cc1ccccc1.NCCCCC(NC(=O)CNC(=O)C(N)Cc1ccccc1)C(=O)NCC(=O)O. The van der Waals surface area contributed by atoms with Crippen LogP contribution in [0.3, 0.4) is 0 Å². The molecule has 11 heteroatoms. The predicted molar refractivity (Wildman–Crippen MR) is 171 cm³/mol. The lowest BCUT2D eigenvalue weighted by molar-refractivity contribution is -0.138. The first-order chi connectivity index (χ1) is 21.0. The molecule has 9 N–H and O–H groups in total. The summed E-state index contributed by atoms with van der Waals surface area (Å²) in [7, 11) is 0. The molecule has 0 saturated carbocycles. The summed E-state index contributed by atoms with van der Waals surface area (Å²) in [6.45, 7) is 3.61. The maximum absolute atomic E-state index is 12.1. The van der Waals surface area contributed by atoms with Gasteiger partial charge in [0, 0.05) is 0 Å². The summed E-state index contributed by atoms with van der Waals surface area (Å²) in [5, 5.41) is 24.6. The zero-order valence-electron chi connectivity index (χ0n) is 25.4. The molecule has 0 spiro atoms. The van der Waals surface area contributed by atoms with Crippen molar-refractivity contribution in [1.29, 1.82) is 0 Å². The van der Waals surface area contributed by atoms with Gasteiger partial charge in [-0.05, 0) is 63.8 Å². The number of rotatable bonds is 13. The first-order valence-electron chi connectivity index (χ1n) is 14.3. The molecule has 11 nitrogen and oxygen atoms in total. The van der Waals surface area contributed by atoms with Gasteiger partial charge in [0.05, 0.1) is 12.6 Å². The van der Waals surface area contributed by atoms with E-state index in [9.17, 15) is 19.2 Å². The van der Waals surface area contributed by atoms with Gasteiger partial charge in [-0.1, -0.05) is 83.9 Å². The average molecular weight is 608 g/mol. The Hall–Kier alpha value is -4.74. The molecule has 3 aromatic carbocycles. The highest BCUT2D eigenvalue weighted by molar-refractivity contribution is 5.92. The highest BCUT2D eigenvalue weighted by Gasteiger charge is 2.22. The van der Waals surface area contributed by atoms with Crippen LogP contribution < -0.4 is 27.4 Å². The van der Waals surface area contributed by atoms with Crippen LogP contribution in [0, 0.1) is 13.8 Å². The molecular weight excluding hydrogens is 562 g/mol. The Morgan fingerprint density at radius 3 is 1.80 bits per heavy atom. The molecule has 0 aromatic heterocycles. The van der Waals surface area contributed by atoms with Crippen LogP contribution in [0.5, 0.6) is 5.75 Å². The van der Waals surface area contributed by atoms with E-state index in [2.05, 4.69) is 35.0 Å². The second-order valence-electron chi connectivity index (χ2n) is 10.0. The molecule has 3 aromatic rings. The van der Waals surface area contributed by atoms with Crippen LogP contribution in [0.4, 0.5) is 0 Å². The Labute approximate surface area is 259 Å². The summed E-state index contributed by atoms with van der Waals surface area (Å²) in [6, 6.07) is 24.9. The third-order valence-electron chi connectivity index (χ3n) is 6.05. The molecule has 0 radical (unpaired) electrons. The number of phenols is 1. The summed E-state index contributed by atoms with van der Waals surface area (Å²) in [4.78, 5) is 46.9. The van der Waals surface area contributed by atoms with Crippen LogP contribution in [0.15, 0.2) is 84.9 Å². The molecular formula is C33H45N5O6. The van der Waals surface area contributed by atoms with E-state index in [1.165, 1.54) is 11.1 Å². The van der Waals surface area contributed by atoms with E-state index in [1.807, 2.05) is 67.6 Å². The minimum atomic E-state index is -1.19. The van der Waals surface area contributed by atoms with Crippen molar-refractivity contribution in [2.45, 2.75) is 51.6 Å². The molecule has 3 amide bonds. The maximum Gasteiger partial charge on any atom is 0.322 e. The summed E-state index contributed by atoms with van der Waals surface area (Å²) in [5.74, 6) is -2.53. The molecule has 0 aliphatic carbocycles. The quantitative estimate of drug-likeness (QED) is 0.144. The fraction of sp³-hybridized carbons (Fsp3) is 0.333. The zero-order valence-corrected chi connectivity index (χ0v) is 25.4. The van der Waals surface area contributed by atoms with Crippen molar-refractivity contribution in [3.05, 3.63) is 102 Å². The zero-order chi connectivity index (χ0) is 32.7. The Morgan fingerprint density at radius 2 is 1.30 bits per heavy atom. The van der Waals surface area contributed by atoms with Crippen molar-refractivity contribution in [3.63, 3.8) is 0 Å². The first kappa shape index (κ1) is 37.3. The fourth-order valence-electron chi connectivity index (χ4n) is 3.63. The number of carboxylic acids is 1. The van der Waals surface area contributed by atoms with Gasteiger partial charge in [-0.25, -0.2) is 0 Å². The molecule has 3 rings (SSSR count). The second-order valence-corrected chi connectivity index (χ2v) is 10.0. The van der Waals surface area contributed by atoms with Gasteiger partial charge >= 0.3 is 5.97 Å². The lowest BCUT2D eigenvalue weighted by Crippen LogP contribution is -2.51. The molecule has 44 heavy (non-hydrogen) atoms. The Balaban J connectivity index is 0.000000516. The van der Waals surface area contributed by atoms with E-state index in [1.54, 1.807) is 12.1 Å². The third-order valence-corrected chi connectivity index (χ3v) is 6.05. The second kappa shape index (κ2) is 21.9. The Kier molecular flexibility index (Phi) is 18.5. The van der Waals surface area contributed by atoms with Crippen molar-refractivity contribution in [2.24, 2.45) is 11.5 Å². The summed E-state index contributed by atoms with van der Waals surface area (Å²) in [6.07, 6.45) is 1.86. The van der Waals surface area contributed by atoms with E-state index < -0.39 is 42.3 Å². The number of unbranched alkanes of at least 4 members (excludes halogenated alkanes) is 1. The van der Waals surface area contributed by atoms with Gasteiger partial charge in [0.15, 0.2) is 0 Å². The van der Waals surface area contributed by atoms with Crippen molar-refractivity contribution >= 4 is 23.7 Å². The normalized spacial score (nSPS) is 11.3. The highest BCUT2D eigenvalue weighted by Crippen LogP contribution is 2.07. The average Bonchev–Trinajstić information content (AvgIpc) is 3.01. The number of aryl methyl sites for hydroxylation is 2. The number of nitrogens with one attached hydrogen (secondary N) is 3. The van der Waals surface area contributed by atoms with E-state index in [-0.39, 0.29) is 6.54 Å². The van der Waals surface area contributed by atoms with Crippen LogP contribution >= 0.6 is 0 Å². The number of hydrogen-bond acceptors (Lipinski definition) is 7. The topological polar surface area (TPSA) is 197 Å². The Bertz CT molecular complexity index is 1240. The van der Waals surface area contributed by atoms with Gasteiger partial charge in [-0.3, -0.25) is 19.2 Å². The predicted octanol–water partition coefficient (Wildman–Crippen LogP) is 2.18. The number of carbonyl (C=O) groups is 4. The summed E-state index contributed by atoms with van der Waals surface area (Å²) < 4.78 is 0. The van der Waals surface area contributed by atoms with E-state index >= 15 is 0 Å². The lowest BCUT2D eigenvalue weighted by Gasteiger charge is -2.18. The van der Waals surface area contributed by atoms with Gasteiger partial charge in [0.2, 0.25) is 17.7 Å². The van der Waals surface area contributed by atoms with Crippen LogP contribution in [-0.2, 0) is 25.6 Å². The minimum absolute atomic E-state index is 0.301. The molecule has 238 valence electrons. The molecule has 0 fully saturated rings. The number of nitrogens with two attached hydrogens (primary N) is 2. The van der Waals surface area contributed by atoms with Crippen LogP contribution in [0.2, 0.25) is 0 Å². The monoisotopic (exact) mass is 607 g/mol. The fourth-order valence-corrected chi connectivity index (χ4v) is 3.63. The Morgan fingerprint density at radius 1 is 0.750 bits per heavy atom. The lowest BCUT2D eigenvalue weighted by atomic mass is 10.1. The number of carbonyl (C=O) groups excluding carboxylic acids is 3. The molecule has 0 saturated heterocycles. The molecule has 0 aliphatic heterocycles. The van der Waals surface area contributed by atoms with Crippen LogP contribution in [-0.4, -0.2) is 65.6 Å². The minimum Gasteiger partial charge on any atom is -0.508 e.